The summed E-state index contributed by atoms with van der Waals surface area (Å²) in [6, 6.07) is 4.17. The molecular weight excluding hydrogens is 298 g/mol. The maximum Gasteiger partial charge on any atom is 0.159 e. The summed E-state index contributed by atoms with van der Waals surface area (Å²) in [5, 5.41) is 0. The van der Waals surface area contributed by atoms with Gasteiger partial charge < -0.3 is 0 Å². The molecule has 0 nitrogen and oxygen atoms in total. The Morgan fingerprint density at radius 3 is 2.44 bits per heavy atom. The largest absolute Gasteiger partial charge is 0.204 e. The van der Waals surface area contributed by atoms with Gasteiger partial charge in [0.05, 0.1) is 0 Å². The minimum Gasteiger partial charge on any atom is -0.204 e. The standard InChI is InChI=1S/C15H21BrF2/c1-3-5-6-12(4-2)13(16)9-11-7-8-14(17)15(18)10-11/h7-8,10,12-13H,3-6,9H2,1-2H3. The Labute approximate surface area is 117 Å². The van der Waals surface area contributed by atoms with Crippen molar-refractivity contribution in [2.75, 3.05) is 0 Å². The van der Waals surface area contributed by atoms with E-state index >= 15 is 0 Å². The van der Waals surface area contributed by atoms with E-state index in [1.807, 2.05) is 0 Å². The highest BCUT2D eigenvalue weighted by Crippen LogP contribution is 2.26. The topological polar surface area (TPSA) is 0 Å². The van der Waals surface area contributed by atoms with Crippen molar-refractivity contribution in [2.24, 2.45) is 5.92 Å². The first-order valence-electron chi connectivity index (χ1n) is 6.66. The fraction of sp³-hybridized carbons (Fsp3) is 0.600. The van der Waals surface area contributed by atoms with Gasteiger partial charge >= 0.3 is 0 Å². The van der Waals surface area contributed by atoms with Gasteiger partial charge in [-0.25, -0.2) is 8.78 Å². The predicted octanol–water partition coefficient (Wildman–Crippen LogP) is 5.49. The summed E-state index contributed by atoms with van der Waals surface area (Å²) in [6.07, 6.45) is 5.46. The number of benzene rings is 1. The lowest BCUT2D eigenvalue weighted by Crippen LogP contribution is -2.16. The number of unbranched alkanes of at least 4 members (excludes halogenated alkanes) is 1. The van der Waals surface area contributed by atoms with E-state index in [0.29, 0.717) is 10.7 Å². The molecule has 2 atom stereocenters. The molecule has 0 amide bonds. The van der Waals surface area contributed by atoms with Crippen LogP contribution in [-0.4, -0.2) is 4.83 Å². The summed E-state index contributed by atoms with van der Waals surface area (Å²) in [6.45, 7) is 4.37. The minimum atomic E-state index is -0.775. The highest BCUT2D eigenvalue weighted by Gasteiger charge is 2.17. The van der Waals surface area contributed by atoms with Crippen LogP contribution in [0, 0.1) is 17.6 Å². The van der Waals surface area contributed by atoms with Crippen LogP contribution in [0.1, 0.15) is 45.1 Å². The molecule has 0 radical (unpaired) electrons. The molecule has 0 N–H and O–H groups in total. The normalized spacial score (nSPS) is 14.5. The molecule has 0 saturated heterocycles. The molecule has 0 aliphatic carbocycles. The van der Waals surface area contributed by atoms with Gasteiger partial charge in [-0.3, -0.25) is 0 Å². The van der Waals surface area contributed by atoms with E-state index in [-0.39, 0.29) is 0 Å². The molecule has 0 saturated carbocycles. The van der Waals surface area contributed by atoms with Crippen molar-refractivity contribution in [3.05, 3.63) is 35.4 Å². The van der Waals surface area contributed by atoms with Crippen LogP contribution in [-0.2, 0) is 6.42 Å². The van der Waals surface area contributed by atoms with Crippen molar-refractivity contribution in [1.29, 1.82) is 0 Å². The lowest BCUT2D eigenvalue weighted by molar-refractivity contribution is 0.436. The fourth-order valence-corrected chi connectivity index (χ4v) is 3.18. The smallest absolute Gasteiger partial charge is 0.159 e. The van der Waals surface area contributed by atoms with E-state index in [2.05, 4.69) is 29.8 Å². The zero-order valence-electron chi connectivity index (χ0n) is 11.1. The van der Waals surface area contributed by atoms with Crippen molar-refractivity contribution in [1.82, 2.24) is 0 Å². The number of rotatable bonds is 7. The molecule has 2 unspecified atom stereocenters. The van der Waals surface area contributed by atoms with Gasteiger partial charge in [-0.2, -0.15) is 0 Å². The average molecular weight is 319 g/mol. The van der Waals surface area contributed by atoms with Crippen LogP contribution in [0.3, 0.4) is 0 Å². The molecule has 102 valence electrons. The number of hydrogen-bond acceptors (Lipinski definition) is 0. The average Bonchev–Trinajstić information content (AvgIpc) is 2.35. The summed E-state index contributed by atoms with van der Waals surface area (Å²) < 4.78 is 26.0. The van der Waals surface area contributed by atoms with Crippen molar-refractivity contribution in [3.63, 3.8) is 0 Å². The van der Waals surface area contributed by atoms with E-state index in [9.17, 15) is 8.78 Å². The number of hydrogen-bond donors (Lipinski definition) is 0. The molecule has 1 rings (SSSR count). The molecule has 0 spiro atoms. The fourth-order valence-electron chi connectivity index (χ4n) is 2.17. The van der Waals surface area contributed by atoms with E-state index in [4.69, 9.17) is 0 Å². The molecule has 3 heteroatoms. The first kappa shape index (κ1) is 15.6. The molecule has 0 heterocycles. The quantitative estimate of drug-likeness (QED) is 0.583. The van der Waals surface area contributed by atoms with Gasteiger partial charge in [0.15, 0.2) is 11.6 Å². The van der Waals surface area contributed by atoms with Crippen LogP contribution < -0.4 is 0 Å². The van der Waals surface area contributed by atoms with E-state index < -0.39 is 11.6 Å². The third-order valence-electron chi connectivity index (χ3n) is 3.38. The SMILES string of the molecule is CCCCC(CC)C(Br)Cc1ccc(F)c(F)c1. The number of alkyl halides is 1. The maximum absolute atomic E-state index is 13.1. The predicted molar refractivity (Wildman–Crippen MR) is 76.1 cm³/mol. The van der Waals surface area contributed by atoms with Crippen LogP contribution in [0.5, 0.6) is 0 Å². The Balaban J connectivity index is 2.61. The van der Waals surface area contributed by atoms with E-state index in [0.717, 1.165) is 18.4 Å². The Hall–Kier alpha value is -0.440. The number of halogens is 3. The summed E-state index contributed by atoms with van der Waals surface area (Å²) in [4.78, 5) is 0.332. The van der Waals surface area contributed by atoms with E-state index in [1.54, 1.807) is 6.07 Å². The highest BCUT2D eigenvalue weighted by molar-refractivity contribution is 9.09. The van der Waals surface area contributed by atoms with Gasteiger partial charge in [0.2, 0.25) is 0 Å². The van der Waals surface area contributed by atoms with Crippen molar-refractivity contribution < 1.29 is 8.78 Å². The second kappa shape index (κ2) is 7.88. The Bertz CT molecular complexity index is 366. The molecule has 1 aromatic carbocycles. The molecule has 0 aromatic heterocycles. The third-order valence-corrected chi connectivity index (χ3v) is 4.45. The Morgan fingerprint density at radius 2 is 1.89 bits per heavy atom. The summed E-state index contributed by atoms with van der Waals surface area (Å²) in [5.74, 6) is -0.935. The Morgan fingerprint density at radius 1 is 1.17 bits per heavy atom. The lowest BCUT2D eigenvalue weighted by atomic mass is 9.92. The molecule has 1 aromatic rings. The van der Waals surface area contributed by atoms with E-state index in [1.165, 1.54) is 31.4 Å². The van der Waals surface area contributed by atoms with Crippen LogP contribution in [0.2, 0.25) is 0 Å². The van der Waals surface area contributed by atoms with Gasteiger partial charge in [-0.05, 0) is 36.5 Å². The molecular formula is C15H21BrF2. The summed E-state index contributed by atoms with van der Waals surface area (Å²) in [7, 11) is 0. The Kier molecular flexibility index (Phi) is 6.83. The van der Waals surface area contributed by atoms with Crippen molar-refractivity contribution >= 4 is 15.9 Å². The van der Waals surface area contributed by atoms with Gasteiger partial charge in [-0.1, -0.05) is 55.1 Å². The molecule has 0 aliphatic rings. The summed E-state index contributed by atoms with van der Waals surface area (Å²) >= 11 is 3.70. The van der Waals surface area contributed by atoms with Gasteiger partial charge in [0.1, 0.15) is 0 Å². The molecule has 0 aliphatic heterocycles. The molecule has 0 bridgehead atoms. The highest BCUT2D eigenvalue weighted by atomic mass is 79.9. The van der Waals surface area contributed by atoms with Gasteiger partial charge in [-0.15, -0.1) is 0 Å². The second-order valence-electron chi connectivity index (χ2n) is 4.78. The summed E-state index contributed by atoms with van der Waals surface area (Å²) in [5.41, 5.74) is 0.853. The second-order valence-corrected chi connectivity index (χ2v) is 5.96. The minimum absolute atomic E-state index is 0.332. The van der Waals surface area contributed by atoms with Crippen LogP contribution in [0.15, 0.2) is 18.2 Å². The molecule has 18 heavy (non-hydrogen) atoms. The first-order valence-corrected chi connectivity index (χ1v) is 7.58. The van der Waals surface area contributed by atoms with Crippen LogP contribution >= 0.6 is 15.9 Å². The van der Waals surface area contributed by atoms with Gasteiger partial charge in [0, 0.05) is 4.83 Å². The monoisotopic (exact) mass is 318 g/mol. The third kappa shape index (κ3) is 4.68. The molecule has 0 fully saturated rings. The zero-order chi connectivity index (χ0) is 13.5. The van der Waals surface area contributed by atoms with Crippen molar-refractivity contribution in [3.8, 4) is 0 Å². The maximum atomic E-state index is 13.1. The van der Waals surface area contributed by atoms with Gasteiger partial charge in [0.25, 0.3) is 0 Å². The van der Waals surface area contributed by atoms with Crippen molar-refractivity contribution in [2.45, 2.75) is 50.8 Å². The first-order chi connectivity index (χ1) is 8.58. The van der Waals surface area contributed by atoms with Crippen LogP contribution in [0.4, 0.5) is 8.78 Å². The zero-order valence-corrected chi connectivity index (χ0v) is 12.6. The van der Waals surface area contributed by atoms with Crippen LogP contribution in [0.25, 0.3) is 0 Å². The lowest BCUT2D eigenvalue weighted by Gasteiger charge is -2.21.